The van der Waals surface area contributed by atoms with Crippen molar-refractivity contribution in [2.75, 3.05) is 27.4 Å². The number of rotatable bonds is 8. The molecule has 5 aromatic rings. The first kappa shape index (κ1) is 31.1. The minimum absolute atomic E-state index is 0.0136. The molecule has 1 aliphatic rings. The Morgan fingerprint density at radius 3 is 2.34 bits per heavy atom. The monoisotopic (exact) mass is 642 g/mol. The van der Waals surface area contributed by atoms with E-state index in [1.54, 1.807) is 42.5 Å². The summed E-state index contributed by atoms with van der Waals surface area (Å²) in [6, 6.07) is 16.0. The zero-order valence-electron chi connectivity index (χ0n) is 25.1. The lowest BCUT2D eigenvalue weighted by Crippen LogP contribution is -2.36. The Morgan fingerprint density at radius 2 is 1.62 bits per heavy atom. The van der Waals surface area contributed by atoms with Crippen molar-refractivity contribution in [1.29, 1.82) is 0 Å². The van der Waals surface area contributed by atoms with Gasteiger partial charge in [0.25, 0.3) is 0 Å². The van der Waals surface area contributed by atoms with Crippen LogP contribution in [0.5, 0.6) is 46.0 Å². The lowest BCUT2D eigenvalue weighted by Gasteiger charge is -2.34. The number of hydrogen-bond donors (Lipinski definition) is 6. The fraction of sp³-hybridized carbons (Fsp3) is 0.171. The maximum Gasteiger partial charge on any atom is 0.197 e. The predicted molar refractivity (Wildman–Crippen MR) is 170 cm³/mol. The molecule has 0 saturated heterocycles. The predicted octanol–water partition coefficient (Wildman–Crippen LogP) is 4.71. The number of aliphatic hydroxyl groups excluding tert-OH is 2. The number of phenolic OH excluding ortho intramolecular Hbond substituents is 4. The minimum atomic E-state index is -0.929. The van der Waals surface area contributed by atoms with E-state index in [-0.39, 0.29) is 56.8 Å². The Kier molecular flexibility index (Phi) is 8.29. The van der Waals surface area contributed by atoms with Gasteiger partial charge in [0.15, 0.2) is 52.1 Å². The molecule has 0 radical (unpaired) electrons. The fourth-order valence-corrected chi connectivity index (χ4v) is 5.49. The molecule has 12 nitrogen and oxygen atoms in total. The van der Waals surface area contributed by atoms with E-state index < -0.39 is 36.6 Å². The molecule has 1 aromatic heterocycles. The van der Waals surface area contributed by atoms with Crippen molar-refractivity contribution in [3.05, 3.63) is 93.6 Å². The SMILES string of the molecule is COc1cc(/C=C(\CO)c2cc([C@H]3Oc4cc(-c5cc(=O)c6c(O)cc(O)cc6o5)ccc4O[C@@H]3CO)cc(OC)c2O)ccc1O. The van der Waals surface area contributed by atoms with Crippen molar-refractivity contribution in [3.63, 3.8) is 0 Å². The van der Waals surface area contributed by atoms with Crippen LogP contribution < -0.4 is 24.4 Å². The van der Waals surface area contributed by atoms with Crippen LogP contribution in [0.3, 0.4) is 0 Å². The number of aromatic hydroxyl groups is 4. The summed E-state index contributed by atoms with van der Waals surface area (Å²) in [5.74, 6) is 0.00424. The molecular weight excluding hydrogens is 612 g/mol. The summed E-state index contributed by atoms with van der Waals surface area (Å²) in [5, 5.41) is 61.6. The van der Waals surface area contributed by atoms with Crippen LogP contribution in [0.15, 0.2) is 75.9 Å². The van der Waals surface area contributed by atoms with Crippen LogP contribution in [0.2, 0.25) is 0 Å². The summed E-state index contributed by atoms with van der Waals surface area (Å²) < 4.78 is 28.9. The van der Waals surface area contributed by atoms with Crippen LogP contribution in [-0.2, 0) is 0 Å². The van der Waals surface area contributed by atoms with E-state index >= 15 is 0 Å². The van der Waals surface area contributed by atoms with E-state index in [0.29, 0.717) is 28.0 Å². The molecule has 0 spiro atoms. The molecule has 2 atom stereocenters. The van der Waals surface area contributed by atoms with Gasteiger partial charge in [0, 0.05) is 34.9 Å². The topological polar surface area (TPSA) is 189 Å². The summed E-state index contributed by atoms with van der Waals surface area (Å²) in [7, 11) is 2.78. The average molecular weight is 643 g/mol. The van der Waals surface area contributed by atoms with E-state index in [1.165, 1.54) is 38.5 Å². The van der Waals surface area contributed by atoms with E-state index in [2.05, 4.69) is 0 Å². The molecule has 242 valence electrons. The van der Waals surface area contributed by atoms with Gasteiger partial charge in [-0.1, -0.05) is 6.07 Å². The molecule has 47 heavy (non-hydrogen) atoms. The lowest BCUT2D eigenvalue weighted by atomic mass is 9.95. The van der Waals surface area contributed by atoms with E-state index in [4.69, 9.17) is 23.4 Å². The second-order valence-electron chi connectivity index (χ2n) is 10.7. The first-order chi connectivity index (χ1) is 22.6. The Bertz CT molecular complexity index is 2080. The molecule has 6 rings (SSSR count). The van der Waals surface area contributed by atoms with Gasteiger partial charge in [0.1, 0.15) is 28.2 Å². The highest BCUT2D eigenvalue weighted by molar-refractivity contribution is 5.87. The van der Waals surface area contributed by atoms with E-state index in [9.17, 15) is 35.4 Å². The van der Waals surface area contributed by atoms with Crippen LogP contribution in [0, 0.1) is 0 Å². The molecule has 0 aliphatic carbocycles. The second kappa shape index (κ2) is 12.5. The van der Waals surface area contributed by atoms with Gasteiger partial charge in [-0.25, -0.2) is 0 Å². The summed E-state index contributed by atoms with van der Waals surface area (Å²) in [6.45, 7) is -0.916. The number of aliphatic hydroxyl groups is 2. The van der Waals surface area contributed by atoms with Crippen LogP contribution >= 0.6 is 0 Å². The standard InChI is InChI=1S/C35H30O12/c1-43-28-8-17(3-5-23(28)39)7-20(15-36)22-9-19(11-31(44-2)34(22)42)35-32(16-37)45-26-6-4-18(10-29(26)47-35)27-14-25(41)33-24(40)12-21(38)13-30(33)46-27/h3-14,32,35-40,42H,15-16H2,1-2H3/b20-7+/t32-,35-/m1/s1. The van der Waals surface area contributed by atoms with E-state index in [0.717, 1.165) is 6.07 Å². The van der Waals surface area contributed by atoms with Gasteiger partial charge in [-0.15, -0.1) is 0 Å². The van der Waals surface area contributed by atoms with Gasteiger partial charge >= 0.3 is 0 Å². The maximum absolute atomic E-state index is 12.8. The van der Waals surface area contributed by atoms with Crippen molar-refractivity contribution >= 4 is 22.6 Å². The van der Waals surface area contributed by atoms with E-state index in [1.807, 2.05) is 0 Å². The normalized spacial score (nSPS) is 15.9. The van der Waals surface area contributed by atoms with Crippen molar-refractivity contribution in [1.82, 2.24) is 0 Å². The molecule has 0 unspecified atom stereocenters. The third kappa shape index (κ3) is 5.83. The van der Waals surface area contributed by atoms with Gasteiger partial charge < -0.3 is 54.0 Å². The number of benzene rings is 4. The molecule has 0 fully saturated rings. The highest BCUT2D eigenvalue weighted by Crippen LogP contribution is 2.45. The molecule has 0 bridgehead atoms. The van der Waals surface area contributed by atoms with Gasteiger partial charge in [-0.3, -0.25) is 4.79 Å². The van der Waals surface area contributed by atoms with Crippen LogP contribution in [0.4, 0.5) is 0 Å². The van der Waals surface area contributed by atoms with Crippen molar-refractivity contribution in [2.24, 2.45) is 0 Å². The highest BCUT2D eigenvalue weighted by Gasteiger charge is 2.34. The first-order valence-corrected chi connectivity index (χ1v) is 14.3. The maximum atomic E-state index is 12.8. The Hall–Kier alpha value is -5.85. The molecule has 2 heterocycles. The molecule has 12 heteroatoms. The van der Waals surface area contributed by atoms with Gasteiger partial charge in [0.05, 0.1) is 27.4 Å². The largest absolute Gasteiger partial charge is 0.508 e. The Balaban J connectivity index is 1.41. The third-order valence-electron chi connectivity index (χ3n) is 7.78. The minimum Gasteiger partial charge on any atom is -0.508 e. The van der Waals surface area contributed by atoms with Gasteiger partial charge in [0.2, 0.25) is 0 Å². The first-order valence-electron chi connectivity index (χ1n) is 14.3. The molecule has 1 aliphatic heterocycles. The summed E-state index contributed by atoms with van der Waals surface area (Å²) in [6.07, 6.45) is -0.203. The lowest BCUT2D eigenvalue weighted by molar-refractivity contribution is -0.0123. The second-order valence-corrected chi connectivity index (χ2v) is 10.7. The van der Waals surface area contributed by atoms with Crippen molar-refractivity contribution in [2.45, 2.75) is 12.2 Å². The number of methoxy groups -OCH3 is 2. The number of ether oxygens (including phenoxy) is 4. The van der Waals surface area contributed by atoms with Gasteiger partial charge in [-0.2, -0.15) is 0 Å². The van der Waals surface area contributed by atoms with Crippen molar-refractivity contribution < 1.29 is 54.0 Å². The van der Waals surface area contributed by atoms with Gasteiger partial charge in [-0.05, 0) is 59.7 Å². The molecule has 4 aromatic carbocycles. The molecule has 0 saturated carbocycles. The fourth-order valence-electron chi connectivity index (χ4n) is 5.49. The molecule has 0 amide bonds. The average Bonchev–Trinajstić information content (AvgIpc) is 3.06. The van der Waals surface area contributed by atoms with Crippen LogP contribution in [0.25, 0.3) is 33.9 Å². The summed E-state index contributed by atoms with van der Waals surface area (Å²) in [4.78, 5) is 12.8. The van der Waals surface area contributed by atoms with Crippen LogP contribution in [0.1, 0.15) is 22.8 Å². The van der Waals surface area contributed by atoms with Crippen molar-refractivity contribution in [3.8, 4) is 57.3 Å². The zero-order valence-corrected chi connectivity index (χ0v) is 25.1. The Morgan fingerprint density at radius 1 is 0.830 bits per heavy atom. The Labute approximate surface area is 267 Å². The smallest absolute Gasteiger partial charge is 0.197 e. The quantitative estimate of drug-likeness (QED) is 0.128. The molecular formula is C35H30O12. The summed E-state index contributed by atoms with van der Waals surface area (Å²) in [5.41, 5.74) is 1.43. The zero-order chi connectivity index (χ0) is 33.4. The van der Waals surface area contributed by atoms with Crippen LogP contribution in [-0.4, -0.2) is 64.2 Å². The number of hydrogen-bond acceptors (Lipinski definition) is 12. The number of fused-ring (bicyclic) bond motifs is 2. The summed E-state index contributed by atoms with van der Waals surface area (Å²) >= 11 is 0. The highest BCUT2D eigenvalue weighted by atomic mass is 16.6. The molecule has 6 N–H and O–H groups in total. The number of phenols is 4. The third-order valence-corrected chi connectivity index (χ3v) is 7.78.